The zero-order valence-electron chi connectivity index (χ0n) is 11.5. The Labute approximate surface area is 111 Å². The first-order valence-corrected chi connectivity index (χ1v) is 7.32. The molecule has 0 aromatic carbocycles. The van der Waals surface area contributed by atoms with Crippen LogP contribution in [0.5, 0.6) is 0 Å². The number of nitrogens with zero attached hydrogens (tertiary/aromatic N) is 1. The number of hydrogen-bond acceptors (Lipinski definition) is 2. The van der Waals surface area contributed by atoms with Gasteiger partial charge < -0.3 is 15.5 Å². The smallest absolute Gasteiger partial charge is 0.166 e. The average molecular weight is 257 g/mol. The van der Waals surface area contributed by atoms with E-state index in [1.54, 1.807) is 0 Å². The summed E-state index contributed by atoms with van der Waals surface area (Å²) in [5.74, 6) is 0. The van der Waals surface area contributed by atoms with Crippen molar-refractivity contribution in [1.29, 1.82) is 0 Å². The predicted octanol–water partition coefficient (Wildman–Crippen LogP) is 2.12. The van der Waals surface area contributed by atoms with Gasteiger partial charge in [0.15, 0.2) is 5.11 Å². The number of hydrogen-bond donors (Lipinski definition) is 2. The SMILES string of the molecule is CCCCNC(=S)NC1CCN(C(C)C)CC1. The van der Waals surface area contributed by atoms with Gasteiger partial charge in [-0.2, -0.15) is 0 Å². The Balaban J connectivity index is 2.15. The first-order chi connectivity index (χ1) is 8.13. The molecule has 1 fully saturated rings. The Morgan fingerprint density at radius 2 is 2.00 bits per heavy atom. The van der Waals surface area contributed by atoms with Gasteiger partial charge in [-0.05, 0) is 45.3 Å². The van der Waals surface area contributed by atoms with Crippen LogP contribution in [0.25, 0.3) is 0 Å². The monoisotopic (exact) mass is 257 g/mol. The fourth-order valence-corrected chi connectivity index (χ4v) is 2.44. The fourth-order valence-electron chi connectivity index (χ4n) is 2.18. The Hall–Kier alpha value is -0.350. The molecule has 0 spiro atoms. The molecule has 0 atom stereocenters. The first-order valence-electron chi connectivity index (χ1n) is 6.92. The van der Waals surface area contributed by atoms with Crippen LogP contribution in [0.15, 0.2) is 0 Å². The highest BCUT2D eigenvalue weighted by Gasteiger charge is 2.20. The fraction of sp³-hybridized carbons (Fsp3) is 0.923. The minimum absolute atomic E-state index is 0.562. The number of piperidine rings is 1. The van der Waals surface area contributed by atoms with Gasteiger partial charge in [-0.15, -0.1) is 0 Å². The minimum atomic E-state index is 0.562. The van der Waals surface area contributed by atoms with E-state index >= 15 is 0 Å². The number of likely N-dealkylation sites (tertiary alicyclic amines) is 1. The lowest BCUT2D eigenvalue weighted by Gasteiger charge is -2.35. The standard InChI is InChI=1S/C13H27N3S/c1-4-5-8-14-13(17)15-12-6-9-16(10-7-12)11(2)3/h11-12H,4-10H2,1-3H3,(H2,14,15,17). The summed E-state index contributed by atoms with van der Waals surface area (Å²) < 4.78 is 0. The van der Waals surface area contributed by atoms with Crippen molar-refractivity contribution in [1.82, 2.24) is 15.5 Å². The molecule has 0 amide bonds. The Morgan fingerprint density at radius 3 is 2.53 bits per heavy atom. The average Bonchev–Trinajstić information content (AvgIpc) is 2.30. The van der Waals surface area contributed by atoms with E-state index in [0.29, 0.717) is 12.1 Å². The van der Waals surface area contributed by atoms with Gasteiger partial charge >= 0.3 is 0 Å². The molecule has 1 rings (SSSR count). The van der Waals surface area contributed by atoms with Gasteiger partial charge in [0.25, 0.3) is 0 Å². The van der Waals surface area contributed by atoms with Gasteiger partial charge in [0.05, 0.1) is 0 Å². The highest BCUT2D eigenvalue weighted by molar-refractivity contribution is 7.80. The van der Waals surface area contributed by atoms with E-state index in [-0.39, 0.29) is 0 Å². The summed E-state index contributed by atoms with van der Waals surface area (Å²) in [7, 11) is 0. The topological polar surface area (TPSA) is 27.3 Å². The highest BCUT2D eigenvalue weighted by atomic mass is 32.1. The summed E-state index contributed by atoms with van der Waals surface area (Å²) in [6.45, 7) is 10.1. The van der Waals surface area contributed by atoms with Crippen LogP contribution < -0.4 is 10.6 Å². The van der Waals surface area contributed by atoms with Crippen molar-refractivity contribution in [3.63, 3.8) is 0 Å². The summed E-state index contributed by atoms with van der Waals surface area (Å²) in [5, 5.41) is 7.54. The molecule has 3 nitrogen and oxygen atoms in total. The molecule has 0 bridgehead atoms. The van der Waals surface area contributed by atoms with E-state index in [2.05, 4.69) is 36.3 Å². The second-order valence-electron chi connectivity index (χ2n) is 5.16. The van der Waals surface area contributed by atoms with Crippen molar-refractivity contribution in [2.24, 2.45) is 0 Å². The van der Waals surface area contributed by atoms with Crippen molar-refractivity contribution in [2.45, 2.75) is 58.5 Å². The van der Waals surface area contributed by atoms with Gasteiger partial charge in [-0.1, -0.05) is 13.3 Å². The zero-order valence-corrected chi connectivity index (χ0v) is 12.3. The van der Waals surface area contributed by atoms with Crippen molar-refractivity contribution < 1.29 is 0 Å². The Kier molecular flexibility index (Phi) is 6.82. The van der Waals surface area contributed by atoms with Crippen LogP contribution in [0.3, 0.4) is 0 Å². The van der Waals surface area contributed by atoms with E-state index in [4.69, 9.17) is 12.2 Å². The minimum Gasteiger partial charge on any atom is -0.363 e. The third kappa shape index (κ3) is 5.68. The van der Waals surface area contributed by atoms with Crippen LogP contribution in [0.2, 0.25) is 0 Å². The summed E-state index contributed by atoms with van der Waals surface area (Å²) >= 11 is 5.29. The van der Waals surface area contributed by atoms with Crippen LogP contribution in [0, 0.1) is 0 Å². The van der Waals surface area contributed by atoms with Crippen LogP contribution in [0.4, 0.5) is 0 Å². The van der Waals surface area contributed by atoms with Crippen molar-refractivity contribution in [2.75, 3.05) is 19.6 Å². The number of rotatable bonds is 5. The molecule has 0 radical (unpaired) electrons. The lowest BCUT2D eigenvalue weighted by Crippen LogP contribution is -2.49. The molecule has 0 aromatic rings. The molecule has 0 unspecified atom stereocenters. The van der Waals surface area contributed by atoms with Crippen LogP contribution >= 0.6 is 12.2 Å². The molecular formula is C13H27N3S. The van der Waals surface area contributed by atoms with E-state index in [0.717, 1.165) is 11.7 Å². The molecule has 1 saturated heterocycles. The maximum absolute atomic E-state index is 5.29. The summed E-state index contributed by atoms with van der Waals surface area (Å²) in [6, 6.07) is 1.23. The maximum atomic E-state index is 5.29. The van der Waals surface area contributed by atoms with Crippen molar-refractivity contribution in [3.05, 3.63) is 0 Å². The zero-order chi connectivity index (χ0) is 12.7. The maximum Gasteiger partial charge on any atom is 0.166 e. The second kappa shape index (κ2) is 7.88. The van der Waals surface area contributed by atoms with Crippen LogP contribution in [-0.2, 0) is 0 Å². The molecule has 4 heteroatoms. The van der Waals surface area contributed by atoms with Crippen LogP contribution in [0.1, 0.15) is 46.5 Å². The second-order valence-corrected chi connectivity index (χ2v) is 5.57. The Bertz CT molecular complexity index is 223. The van der Waals surface area contributed by atoms with Crippen LogP contribution in [-0.4, -0.2) is 41.7 Å². The van der Waals surface area contributed by atoms with E-state index in [1.165, 1.54) is 38.8 Å². The molecule has 1 heterocycles. The van der Waals surface area contributed by atoms with Gasteiger partial charge in [0, 0.05) is 31.7 Å². The van der Waals surface area contributed by atoms with Gasteiger partial charge in [-0.3, -0.25) is 0 Å². The summed E-state index contributed by atoms with van der Waals surface area (Å²) in [4.78, 5) is 2.53. The van der Waals surface area contributed by atoms with E-state index < -0.39 is 0 Å². The highest BCUT2D eigenvalue weighted by Crippen LogP contribution is 2.12. The quantitative estimate of drug-likeness (QED) is 0.583. The molecule has 0 aromatic heterocycles. The molecule has 1 aliphatic rings. The summed E-state index contributed by atoms with van der Waals surface area (Å²) in [6.07, 6.45) is 4.80. The van der Waals surface area contributed by atoms with Gasteiger partial charge in [0.2, 0.25) is 0 Å². The molecule has 0 aliphatic carbocycles. The lowest BCUT2D eigenvalue weighted by atomic mass is 10.0. The Morgan fingerprint density at radius 1 is 1.35 bits per heavy atom. The largest absolute Gasteiger partial charge is 0.363 e. The normalized spacial score (nSPS) is 18.4. The third-order valence-electron chi connectivity index (χ3n) is 3.41. The van der Waals surface area contributed by atoms with Gasteiger partial charge in [-0.25, -0.2) is 0 Å². The number of nitrogens with one attached hydrogen (secondary N) is 2. The van der Waals surface area contributed by atoms with Crippen molar-refractivity contribution in [3.8, 4) is 0 Å². The van der Waals surface area contributed by atoms with Gasteiger partial charge in [0.1, 0.15) is 0 Å². The molecule has 2 N–H and O–H groups in total. The first kappa shape index (κ1) is 14.7. The molecule has 17 heavy (non-hydrogen) atoms. The third-order valence-corrected chi connectivity index (χ3v) is 3.67. The number of unbranched alkanes of at least 4 members (excludes halogenated alkanes) is 1. The predicted molar refractivity (Wildman–Crippen MR) is 78.4 cm³/mol. The van der Waals surface area contributed by atoms with E-state index in [1.807, 2.05) is 0 Å². The number of thiocarbonyl (C=S) groups is 1. The van der Waals surface area contributed by atoms with Crippen molar-refractivity contribution >= 4 is 17.3 Å². The molecule has 1 aliphatic heterocycles. The summed E-state index contributed by atoms with van der Waals surface area (Å²) in [5.41, 5.74) is 0. The van der Waals surface area contributed by atoms with E-state index in [9.17, 15) is 0 Å². The molecule has 0 saturated carbocycles. The molecule has 100 valence electrons. The molecular weight excluding hydrogens is 230 g/mol. The lowest BCUT2D eigenvalue weighted by molar-refractivity contribution is 0.167.